The highest BCUT2D eigenvalue weighted by atomic mass is 127. The highest BCUT2D eigenvalue weighted by Crippen LogP contribution is 2.31. The van der Waals surface area contributed by atoms with Crippen molar-refractivity contribution in [3.63, 3.8) is 0 Å². The van der Waals surface area contributed by atoms with Crippen LogP contribution in [0.15, 0.2) is 83.8 Å². The summed E-state index contributed by atoms with van der Waals surface area (Å²) >= 11 is 3.83. The maximum atomic E-state index is 11.5. The predicted octanol–water partition coefficient (Wildman–Crippen LogP) is 5.32. The van der Waals surface area contributed by atoms with Gasteiger partial charge in [0.15, 0.2) is 6.61 Å². The average molecular weight is 596 g/mol. The molecule has 33 heavy (non-hydrogen) atoms. The molecule has 3 aromatic rings. The van der Waals surface area contributed by atoms with Gasteiger partial charge in [-0.05, 0) is 69.6 Å². The average Bonchev–Trinajstić information content (AvgIpc) is 2.76. The van der Waals surface area contributed by atoms with E-state index in [-0.39, 0.29) is 12.4 Å². The summed E-state index contributed by atoms with van der Waals surface area (Å²) in [4.78, 5) is 11.7. The SMILES string of the molecule is CS(=O)(=O)Oc1cccc(C(=CCSc2ccc(OCC(=O)O)cc2I)c2ccccc2)c1. The lowest BCUT2D eigenvalue weighted by molar-refractivity contribution is -0.139. The van der Waals surface area contributed by atoms with Crippen molar-refractivity contribution in [1.29, 1.82) is 0 Å². The van der Waals surface area contributed by atoms with Gasteiger partial charge in [0.1, 0.15) is 11.5 Å². The Balaban J connectivity index is 1.83. The zero-order chi connectivity index (χ0) is 23.8. The summed E-state index contributed by atoms with van der Waals surface area (Å²) < 4.78 is 34.3. The van der Waals surface area contributed by atoms with E-state index in [1.807, 2.05) is 42.5 Å². The number of rotatable bonds is 10. The van der Waals surface area contributed by atoms with Crippen molar-refractivity contribution in [2.75, 3.05) is 18.6 Å². The molecule has 0 aromatic heterocycles. The zero-order valence-electron chi connectivity index (χ0n) is 17.6. The van der Waals surface area contributed by atoms with E-state index in [1.165, 1.54) is 0 Å². The summed E-state index contributed by atoms with van der Waals surface area (Å²) in [7, 11) is -3.62. The quantitative estimate of drug-likeness (QED) is 0.193. The number of carbonyl (C=O) groups is 1. The van der Waals surface area contributed by atoms with Gasteiger partial charge in [-0.15, -0.1) is 11.8 Å². The van der Waals surface area contributed by atoms with Crippen LogP contribution in [0.2, 0.25) is 0 Å². The van der Waals surface area contributed by atoms with Crippen LogP contribution >= 0.6 is 34.4 Å². The highest BCUT2D eigenvalue weighted by molar-refractivity contribution is 14.1. The maximum absolute atomic E-state index is 11.5. The topological polar surface area (TPSA) is 89.9 Å². The molecule has 0 radical (unpaired) electrons. The zero-order valence-corrected chi connectivity index (χ0v) is 21.4. The summed E-state index contributed by atoms with van der Waals surface area (Å²) in [6.45, 7) is -0.381. The first-order chi connectivity index (χ1) is 15.7. The summed E-state index contributed by atoms with van der Waals surface area (Å²) in [5.41, 5.74) is 2.80. The van der Waals surface area contributed by atoms with E-state index >= 15 is 0 Å². The number of hydrogen-bond acceptors (Lipinski definition) is 6. The predicted molar refractivity (Wildman–Crippen MR) is 138 cm³/mol. The van der Waals surface area contributed by atoms with Crippen LogP contribution in [0.1, 0.15) is 11.1 Å². The van der Waals surface area contributed by atoms with Crippen molar-refractivity contribution in [2.45, 2.75) is 4.90 Å². The third-order valence-corrected chi connectivity index (χ3v) is 7.02. The van der Waals surface area contributed by atoms with E-state index in [0.717, 1.165) is 31.4 Å². The molecule has 1 N–H and O–H groups in total. The molecule has 0 fully saturated rings. The van der Waals surface area contributed by atoms with Gasteiger partial charge in [-0.3, -0.25) is 0 Å². The van der Waals surface area contributed by atoms with Crippen LogP contribution in [0.5, 0.6) is 11.5 Å². The van der Waals surface area contributed by atoms with Crippen LogP contribution in [-0.4, -0.2) is 38.1 Å². The fourth-order valence-corrected chi connectivity index (χ4v) is 5.16. The number of carboxylic acids is 1. The van der Waals surface area contributed by atoms with Crippen molar-refractivity contribution in [3.8, 4) is 11.5 Å². The molecule has 0 unspecified atom stereocenters. The van der Waals surface area contributed by atoms with Gasteiger partial charge < -0.3 is 14.0 Å². The van der Waals surface area contributed by atoms with Gasteiger partial charge in [0, 0.05) is 14.2 Å². The minimum absolute atomic E-state index is 0.260. The number of carboxylic acid groups (broad SMARTS) is 1. The van der Waals surface area contributed by atoms with E-state index in [2.05, 4.69) is 28.7 Å². The molecular formula is C24H21IO6S2. The molecule has 3 aromatic carbocycles. The molecule has 0 spiro atoms. The largest absolute Gasteiger partial charge is 0.482 e. The second kappa shape index (κ2) is 11.6. The van der Waals surface area contributed by atoms with Crippen LogP contribution in [0.4, 0.5) is 0 Å². The lowest BCUT2D eigenvalue weighted by Crippen LogP contribution is -2.09. The number of aliphatic carboxylic acids is 1. The van der Waals surface area contributed by atoms with E-state index in [4.69, 9.17) is 14.0 Å². The summed E-state index contributed by atoms with van der Waals surface area (Å²) in [5, 5.41) is 8.75. The van der Waals surface area contributed by atoms with E-state index in [0.29, 0.717) is 11.5 Å². The van der Waals surface area contributed by atoms with Crippen molar-refractivity contribution in [1.82, 2.24) is 0 Å². The number of thioether (sulfide) groups is 1. The normalized spacial score (nSPS) is 11.8. The van der Waals surface area contributed by atoms with Crippen LogP contribution < -0.4 is 8.92 Å². The summed E-state index contributed by atoms with van der Waals surface area (Å²) in [6.07, 6.45) is 3.11. The first-order valence-electron chi connectivity index (χ1n) is 9.74. The molecule has 0 atom stereocenters. The Morgan fingerprint density at radius 2 is 1.73 bits per heavy atom. The molecule has 0 aliphatic rings. The van der Waals surface area contributed by atoms with Gasteiger partial charge in [0.05, 0.1) is 6.26 Å². The fraction of sp³-hybridized carbons (Fsp3) is 0.125. The van der Waals surface area contributed by atoms with E-state index < -0.39 is 16.1 Å². The Kier molecular flexibility index (Phi) is 8.81. The van der Waals surface area contributed by atoms with Gasteiger partial charge in [-0.25, -0.2) is 4.79 Å². The highest BCUT2D eigenvalue weighted by Gasteiger charge is 2.10. The number of halogens is 1. The lowest BCUT2D eigenvalue weighted by Gasteiger charge is -2.11. The summed E-state index contributed by atoms with van der Waals surface area (Å²) in [5.74, 6) is 0.408. The van der Waals surface area contributed by atoms with Crippen LogP contribution in [0.25, 0.3) is 5.57 Å². The molecule has 0 heterocycles. The molecule has 0 saturated carbocycles. The Hall–Kier alpha value is -2.50. The molecule has 0 amide bonds. The second-order valence-corrected chi connectivity index (χ2v) is 10.7. The lowest BCUT2D eigenvalue weighted by atomic mass is 9.98. The molecular weight excluding hydrogens is 575 g/mol. The van der Waals surface area contributed by atoms with Gasteiger partial charge in [-0.2, -0.15) is 8.42 Å². The smallest absolute Gasteiger partial charge is 0.341 e. The first kappa shape index (κ1) is 25.1. The number of ether oxygens (including phenoxy) is 1. The molecule has 9 heteroatoms. The van der Waals surface area contributed by atoms with Crippen molar-refractivity contribution >= 4 is 56.0 Å². The standard InChI is InChI=1S/C24H21IO6S2/c1-33(28,29)31-20-9-5-8-18(14-20)21(17-6-3-2-4-7-17)12-13-32-23-11-10-19(15-22(23)25)30-16-24(26)27/h2-12,14-15H,13,16H2,1H3,(H,26,27). The minimum Gasteiger partial charge on any atom is -0.482 e. The molecule has 0 saturated heterocycles. The Bertz CT molecular complexity index is 1260. The summed E-state index contributed by atoms with van der Waals surface area (Å²) in [6, 6.07) is 22.3. The third-order valence-electron chi connectivity index (χ3n) is 4.27. The molecule has 6 nitrogen and oxygen atoms in total. The molecule has 0 bridgehead atoms. The van der Waals surface area contributed by atoms with Crippen molar-refractivity contribution in [2.24, 2.45) is 0 Å². The van der Waals surface area contributed by atoms with E-state index in [1.54, 1.807) is 42.1 Å². The van der Waals surface area contributed by atoms with Crippen molar-refractivity contribution in [3.05, 3.63) is 93.6 Å². The number of hydrogen-bond donors (Lipinski definition) is 1. The fourth-order valence-electron chi connectivity index (χ4n) is 2.96. The monoisotopic (exact) mass is 596 g/mol. The van der Waals surface area contributed by atoms with Crippen molar-refractivity contribution < 1.29 is 27.2 Å². The molecule has 0 aliphatic carbocycles. The van der Waals surface area contributed by atoms with Gasteiger partial charge in [0.25, 0.3) is 0 Å². The number of benzene rings is 3. The van der Waals surface area contributed by atoms with Crippen LogP contribution in [0.3, 0.4) is 0 Å². The van der Waals surface area contributed by atoms with Crippen LogP contribution in [0, 0.1) is 3.57 Å². The maximum Gasteiger partial charge on any atom is 0.341 e. The molecule has 0 aliphatic heterocycles. The van der Waals surface area contributed by atoms with Gasteiger partial charge in [0.2, 0.25) is 0 Å². The van der Waals surface area contributed by atoms with E-state index in [9.17, 15) is 13.2 Å². The molecule has 172 valence electrons. The molecule has 3 rings (SSSR count). The Morgan fingerprint density at radius 3 is 2.39 bits per heavy atom. The van der Waals surface area contributed by atoms with Crippen LogP contribution in [-0.2, 0) is 14.9 Å². The van der Waals surface area contributed by atoms with Gasteiger partial charge >= 0.3 is 16.1 Å². The Labute approximate surface area is 210 Å². The Morgan fingerprint density at radius 1 is 1.00 bits per heavy atom. The second-order valence-electron chi connectivity index (χ2n) is 6.88. The minimum atomic E-state index is -3.62. The third kappa shape index (κ3) is 8.09. The first-order valence-corrected chi connectivity index (χ1v) is 13.6. The van der Waals surface area contributed by atoms with Gasteiger partial charge in [-0.1, -0.05) is 48.5 Å².